The van der Waals surface area contributed by atoms with Gasteiger partial charge >= 0.3 is 0 Å². The lowest BCUT2D eigenvalue weighted by Gasteiger charge is -2.45. The summed E-state index contributed by atoms with van der Waals surface area (Å²) in [5.41, 5.74) is 3.23. The van der Waals surface area contributed by atoms with Gasteiger partial charge in [-0.1, -0.05) is 44.9 Å². The molecule has 0 radical (unpaired) electrons. The molecule has 2 aromatic rings. The molecule has 34 heavy (non-hydrogen) atoms. The van der Waals surface area contributed by atoms with Crippen LogP contribution in [0.5, 0.6) is 0 Å². The van der Waals surface area contributed by atoms with Gasteiger partial charge in [0.1, 0.15) is 0 Å². The lowest BCUT2D eigenvalue weighted by Crippen LogP contribution is -2.50. The smallest absolute Gasteiger partial charge is 0.253 e. The van der Waals surface area contributed by atoms with Crippen LogP contribution in [0, 0.1) is 5.92 Å². The highest BCUT2D eigenvalue weighted by molar-refractivity contribution is 5.94. The third-order valence-corrected chi connectivity index (χ3v) is 8.33. The van der Waals surface area contributed by atoms with Gasteiger partial charge in [-0.25, -0.2) is 0 Å². The van der Waals surface area contributed by atoms with Crippen LogP contribution in [0.1, 0.15) is 76.6 Å². The Hall–Kier alpha value is -2.33. The highest BCUT2D eigenvalue weighted by Gasteiger charge is 2.43. The summed E-state index contributed by atoms with van der Waals surface area (Å²) in [6, 6.07) is 21.0. The Bertz CT molecular complexity index is 890. The standard InChI is InChI=1S/C30H43N3O/c1-5-23(6-2)22-32-27-18-19-28(32)21-29(20-27)33(25-12-10-9-11-13-25)26-16-14-24(15-17-26)30(34)31(7-3)8-4/h9-17,23,27-29H,5-8,18-22H2,1-4H3/t27-,28+,29?. The topological polar surface area (TPSA) is 26.8 Å². The zero-order chi connectivity index (χ0) is 24.1. The Labute approximate surface area is 206 Å². The maximum absolute atomic E-state index is 12.8. The molecular weight excluding hydrogens is 418 g/mol. The number of hydrogen-bond acceptors (Lipinski definition) is 3. The third kappa shape index (κ3) is 5.17. The Morgan fingerprint density at radius 1 is 0.853 bits per heavy atom. The maximum Gasteiger partial charge on any atom is 0.253 e. The number of rotatable bonds is 10. The van der Waals surface area contributed by atoms with Crippen LogP contribution < -0.4 is 4.90 Å². The SMILES string of the molecule is CCC(CC)CN1[C@@H]2CC[C@H]1CC(N(c1ccccc1)c1ccc(C(=O)N(CC)CC)cc1)C2. The minimum atomic E-state index is 0.121. The molecule has 2 fully saturated rings. The molecule has 4 rings (SSSR count). The number of nitrogens with zero attached hydrogens (tertiary/aromatic N) is 3. The summed E-state index contributed by atoms with van der Waals surface area (Å²) in [4.78, 5) is 20.1. The molecule has 3 atom stereocenters. The average Bonchev–Trinajstić information content (AvgIpc) is 3.10. The minimum Gasteiger partial charge on any atom is -0.339 e. The first-order chi connectivity index (χ1) is 16.6. The molecular formula is C30H43N3O. The van der Waals surface area contributed by atoms with E-state index in [4.69, 9.17) is 0 Å². The van der Waals surface area contributed by atoms with Gasteiger partial charge in [-0.05, 0) is 81.8 Å². The number of benzene rings is 2. The van der Waals surface area contributed by atoms with Crippen molar-refractivity contribution in [2.45, 2.75) is 84.3 Å². The van der Waals surface area contributed by atoms with Crippen molar-refractivity contribution in [1.29, 1.82) is 0 Å². The van der Waals surface area contributed by atoms with Gasteiger partial charge in [0, 0.05) is 54.7 Å². The van der Waals surface area contributed by atoms with Gasteiger partial charge in [-0.2, -0.15) is 0 Å². The molecule has 2 heterocycles. The number of carbonyl (C=O) groups excluding carboxylic acids is 1. The fourth-order valence-corrected chi connectivity index (χ4v) is 6.22. The van der Waals surface area contributed by atoms with Crippen LogP contribution in [-0.4, -0.2) is 53.5 Å². The largest absolute Gasteiger partial charge is 0.339 e. The maximum atomic E-state index is 12.8. The number of para-hydroxylation sites is 1. The quantitative estimate of drug-likeness (QED) is 0.392. The first kappa shape index (κ1) is 24.8. The van der Waals surface area contributed by atoms with E-state index in [2.05, 4.69) is 66.1 Å². The molecule has 1 amide bonds. The van der Waals surface area contributed by atoms with Crippen LogP contribution in [0.2, 0.25) is 0 Å². The lowest BCUT2D eigenvalue weighted by molar-refractivity contribution is 0.0773. The summed E-state index contributed by atoms with van der Waals surface area (Å²) in [5, 5.41) is 0. The molecule has 0 saturated carbocycles. The number of amides is 1. The third-order valence-electron chi connectivity index (χ3n) is 8.33. The molecule has 0 N–H and O–H groups in total. The number of hydrogen-bond donors (Lipinski definition) is 0. The summed E-state index contributed by atoms with van der Waals surface area (Å²) < 4.78 is 0. The summed E-state index contributed by atoms with van der Waals surface area (Å²) in [6.07, 6.45) is 7.66. The van der Waals surface area contributed by atoms with Gasteiger partial charge in [0.05, 0.1) is 0 Å². The van der Waals surface area contributed by atoms with Crippen LogP contribution in [-0.2, 0) is 0 Å². The van der Waals surface area contributed by atoms with Gasteiger partial charge in [0.15, 0.2) is 0 Å². The van der Waals surface area contributed by atoms with Gasteiger partial charge in [0.25, 0.3) is 5.91 Å². The molecule has 2 aliphatic heterocycles. The normalized spacial score (nSPS) is 22.2. The Balaban J connectivity index is 1.57. The van der Waals surface area contributed by atoms with E-state index >= 15 is 0 Å². The Morgan fingerprint density at radius 3 is 1.94 bits per heavy atom. The highest BCUT2D eigenvalue weighted by Crippen LogP contribution is 2.42. The first-order valence-corrected chi connectivity index (χ1v) is 13.6. The van der Waals surface area contributed by atoms with Gasteiger partial charge in [-0.15, -0.1) is 0 Å². The van der Waals surface area contributed by atoms with Crippen molar-refractivity contribution in [2.75, 3.05) is 24.5 Å². The zero-order valence-electron chi connectivity index (χ0n) is 21.6. The second-order valence-electron chi connectivity index (χ2n) is 10.1. The van der Waals surface area contributed by atoms with Crippen LogP contribution in [0.4, 0.5) is 11.4 Å². The molecule has 0 aromatic heterocycles. The molecule has 184 valence electrons. The van der Waals surface area contributed by atoms with E-state index < -0.39 is 0 Å². The first-order valence-electron chi connectivity index (χ1n) is 13.6. The average molecular weight is 462 g/mol. The molecule has 2 saturated heterocycles. The van der Waals surface area contributed by atoms with E-state index in [1.165, 1.54) is 56.4 Å². The van der Waals surface area contributed by atoms with Crippen molar-refractivity contribution in [2.24, 2.45) is 5.92 Å². The van der Waals surface area contributed by atoms with Gasteiger partial charge in [0.2, 0.25) is 0 Å². The second-order valence-corrected chi connectivity index (χ2v) is 10.1. The molecule has 4 heteroatoms. The van der Waals surface area contributed by atoms with Gasteiger partial charge < -0.3 is 9.80 Å². The van der Waals surface area contributed by atoms with Crippen molar-refractivity contribution in [3.63, 3.8) is 0 Å². The second kappa shape index (κ2) is 11.4. The summed E-state index contributed by atoms with van der Waals surface area (Å²) in [5.74, 6) is 0.941. The van der Waals surface area contributed by atoms with Crippen molar-refractivity contribution in [3.05, 3.63) is 60.2 Å². The van der Waals surface area contributed by atoms with E-state index in [1.54, 1.807) is 0 Å². The Kier molecular flexibility index (Phi) is 8.31. The van der Waals surface area contributed by atoms with Crippen molar-refractivity contribution >= 4 is 17.3 Å². The predicted molar refractivity (Wildman–Crippen MR) is 143 cm³/mol. The number of carbonyl (C=O) groups is 1. The summed E-state index contributed by atoms with van der Waals surface area (Å²) >= 11 is 0. The van der Waals surface area contributed by atoms with E-state index in [9.17, 15) is 4.79 Å². The summed E-state index contributed by atoms with van der Waals surface area (Å²) in [6.45, 7) is 11.5. The molecule has 4 nitrogen and oxygen atoms in total. The van der Waals surface area contributed by atoms with Crippen LogP contribution in [0.3, 0.4) is 0 Å². The highest BCUT2D eigenvalue weighted by atomic mass is 16.2. The molecule has 2 aliphatic rings. The van der Waals surface area contributed by atoms with E-state index in [1.807, 2.05) is 30.9 Å². The van der Waals surface area contributed by atoms with Crippen molar-refractivity contribution in [3.8, 4) is 0 Å². The molecule has 2 bridgehead atoms. The zero-order valence-corrected chi connectivity index (χ0v) is 21.6. The van der Waals surface area contributed by atoms with E-state index in [-0.39, 0.29) is 5.91 Å². The fraction of sp³-hybridized carbons (Fsp3) is 0.567. The number of piperidine rings is 1. The minimum absolute atomic E-state index is 0.121. The molecule has 0 spiro atoms. The van der Waals surface area contributed by atoms with Crippen LogP contribution in [0.25, 0.3) is 0 Å². The van der Waals surface area contributed by atoms with Crippen molar-refractivity contribution in [1.82, 2.24) is 9.80 Å². The Morgan fingerprint density at radius 2 is 1.41 bits per heavy atom. The molecule has 1 unspecified atom stereocenters. The van der Waals surface area contributed by atoms with Gasteiger partial charge in [-0.3, -0.25) is 9.69 Å². The lowest BCUT2D eigenvalue weighted by atomic mass is 9.92. The fourth-order valence-electron chi connectivity index (χ4n) is 6.22. The number of fused-ring (bicyclic) bond motifs is 2. The monoisotopic (exact) mass is 461 g/mol. The molecule has 2 aromatic carbocycles. The number of anilines is 2. The predicted octanol–water partition coefficient (Wildman–Crippen LogP) is 6.74. The van der Waals surface area contributed by atoms with Crippen LogP contribution in [0.15, 0.2) is 54.6 Å². The molecule has 0 aliphatic carbocycles. The summed E-state index contributed by atoms with van der Waals surface area (Å²) in [7, 11) is 0. The van der Waals surface area contributed by atoms with Crippen LogP contribution >= 0.6 is 0 Å². The van der Waals surface area contributed by atoms with Crippen molar-refractivity contribution < 1.29 is 4.79 Å². The van der Waals surface area contributed by atoms with E-state index in [0.717, 1.165) is 24.6 Å². The van der Waals surface area contributed by atoms with E-state index in [0.29, 0.717) is 18.1 Å².